The summed E-state index contributed by atoms with van der Waals surface area (Å²) in [5.74, 6) is 0.791. The molecule has 2 N–H and O–H groups in total. The number of nitrogens with two attached hydrogens (primary N) is 1. The van der Waals surface area contributed by atoms with E-state index in [4.69, 9.17) is 15.7 Å². The number of rotatable bonds is 3. The summed E-state index contributed by atoms with van der Waals surface area (Å²) in [6.45, 7) is 0.338. The summed E-state index contributed by atoms with van der Waals surface area (Å²) < 4.78 is 5.80. The van der Waals surface area contributed by atoms with E-state index >= 15 is 0 Å². The van der Waals surface area contributed by atoms with Gasteiger partial charge in [0, 0.05) is 17.8 Å². The Bertz CT molecular complexity index is 691. The van der Waals surface area contributed by atoms with Gasteiger partial charge in [0.15, 0.2) is 0 Å². The molecule has 0 spiro atoms. The zero-order valence-corrected chi connectivity index (χ0v) is 11.7. The molecule has 0 saturated carbocycles. The second kappa shape index (κ2) is 5.94. The van der Waals surface area contributed by atoms with Gasteiger partial charge in [-0.3, -0.25) is 0 Å². The maximum absolute atomic E-state index is 9.02. The second-order valence-corrected chi connectivity index (χ2v) is 5.27. The van der Waals surface area contributed by atoms with Crippen LogP contribution in [0.5, 0.6) is 5.75 Å². The number of ether oxygens (including phenoxy) is 1. The minimum atomic E-state index is 0.102. The van der Waals surface area contributed by atoms with Gasteiger partial charge in [-0.1, -0.05) is 12.1 Å². The number of pyridine rings is 1. The highest BCUT2D eigenvalue weighted by Crippen LogP contribution is 2.31. The molecule has 1 aliphatic carbocycles. The van der Waals surface area contributed by atoms with Crippen molar-refractivity contribution < 1.29 is 4.74 Å². The summed E-state index contributed by atoms with van der Waals surface area (Å²) in [6, 6.07) is 11.9. The average molecular weight is 279 g/mol. The van der Waals surface area contributed by atoms with Crippen LogP contribution in [0.1, 0.15) is 41.3 Å². The van der Waals surface area contributed by atoms with Gasteiger partial charge in [0.05, 0.1) is 0 Å². The third kappa shape index (κ3) is 2.88. The van der Waals surface area contributed by atoms with Crippen molar-refractivity contribution in [2.45, 2.75) is 31.9 Å². The van der Waals surface area contributed by atoms with E-state index in [2.05, 4.69) is 17.1 Å². The summed E-state index contributed by atoms with van der Waals surface area (Å²) in [4.78, 5) is 4.03. The number of aromatic nitrogens is 1. The van der Waals surface area contributed by atoms with Crippen LogP contribution in [0.3, 0.4) is 0 Å². The summed E-state index contributed by atoms with van der Waals surface area (Å²) in [5, 5.41) is 9.02. The Morgan fingerprint density at radius 2 is 2.29 bits per heavy atom. The topological polar surface area (TPSA) is 71.9 Å². The molecule has 3 rings (SSSR count). The quantitative estimate of drug-likeness (QED) is 0.937. The van der Waals surface area contributed by atoms with Gasteiger partial charge in [0.1, 0.15) is 24.1 Å². The van der Waals surface area contributed by atoms with Gasteiger partial charge in [-0.2, -0.15) is 5.26 Å². The molecule has 1 aliphatic rings. The zero-order chi connectivity index (χ0) is 14.7. The normalized spacial score (nSPS) is 16.9. The van der Waals surface area contributed by atoms with Crippen LogP contribution in [-0.2, 0) is 13.0 Å². The lowest BCUT2D eigenvalue weighted by molar-refractivity contribution is 0.304. The molecule has 21 heavy (non-hydrogen) atoms. The highest BCUT2D eigenvalue weighted by Gasteiger charge is 2.17. The molecule has 1 aromatic carbocycles. The van der Waals surface area contributed by atoms with Crippen LogP contribution in [0.15, 0.2) is 36.5 Å². The summed E-state index contributed by atoms with van der Waals surface area (Å²) in [7, 11) is 0. The Morgan fingerprint density at radius 1 is 1.38 bits per heavy atom. The van der Waals surface area contributed by atoms with E-state index in [9.17, 15) is 0 Å². The van der Waals surface area contributed by atoms with Crippen molar-refractivity contribution in [3.05, 3.63) is 58.9 Å². The molecule has 1 unspecified atom stereocenters. The van der Waals surface area contributed by atoms with Crippen molar-refractivity contribution in [1.29, 1.82) is 5.26 Å². The second-order valence-electron chi connectivity index (χ2n) is 5.27. The summed E-state index contributed by atoms with van der Waals surface area (Å²) >= 11 is 0. The summed E-state index contributed by atoms with van der Waals surface area (Å²) in [6.07, 6.45) is 4.87. The van der Waals surface area contributed by atoms with E-state index < -0.39 is 0 Å². The van der Waals surface area contributed by atoms with Crippen LogP contribution in [0.4, 0.5) is 0 Å². The molecule has 0 radical (unpaired) electrons. The number of benzene rings is 1. The smallest absolute Gasteiger partial charge is 0.147 e. The van der Waals surface area contributed by atoms with Crippen molar-refractivity contribution in [3.8, 4) is 11.8 Å². The van der Waals surface area contributed by atoms with Gasteiger partial charge in [0.2, 0.25) is 0 Å². The molecule has 2 aromatic rings. The van der Waals surface area contributed by atoms with Crippen molar-refractivity contribution in [1.82, 2.24) is 4.98 Å². The molecule has 1 atom stereocenters. The van der Waals surface area contributed by atoms with E-state index in [0.29, 0.717) is 12.3 Å². The maximum Gasteiger partial charge on any atom is 0.147 e. The number of aryl methyl sites for hydroxylation is 1. The van der Waals surface area contributed by atoms with Crippen LogP contribution in [-0.4, -0.2) is 4.98 Å². The minimum absolute atomic E-state index is 0.102. The first-order valence-corrected chi connectivity index (χ1v) is 7.13. The number of fused-ring (bicyclic) bond motifs is 1. The Kier molecular flexibility index (Phi) is 3.85. The van der Waals surface area contributed by atoms with Crippen molar-refractivity contribution >= 4 is 0 Å². The first kappa shape index (κ1) is 13.6. The Balaban J connectivity index is 1.77. The zero-order valence-electron chi connectivity index (χ0n) is 11.7. The minimum Gasteiger partial charge on any atom is -0.489 e. The molecular weight excluding hydrogens is 262 g/mol. The molecule has 0 saturated heterocycles. The number of hydrogen-bond donors (Lipinski definition) is 1. The highest BCUT2D eigenvalue weighted by molar-refractivity contribution is 5.39. The molecule has 0 aliphatic heterocycles. The molecule has 1 heterocycles. The van der Waals surface area contributed by atoms with Gasteiger partial charge in [-0.05, 0) is 48.6 Å². The van der Waals surface area contributed by atoms with E-state index in [1.165, 1.54) is 11.1 Å². The van der Waals surface area contributed by atoms with Gasteiger partial charge in [-0.25, -0.2) is 4.98 Å². The van der Waals surface area contributed by atoms with Gasteiger partial charge >= 0.3 is 0 Å². The first-order chi connectivity index (χ1) is 10.3. The first-order valence-electron chi connectivity index (χ1n) is 7.13. The largest absolute Gasteiger partial charge is 0.489 e. The predicted molar refractivity (Wildman–Crippen MR) is 79.6 cm³/mol. The third-order valence-corrected chi connectivity index (χ3v) is 3.87. The van der Waals surface area contributed by atoms with E-state index in [0.717, 1.165) is 30.6 Å². The third-order valence-electron chi connectivity index (χ3n) is 3.87. The molecule has 1 aromatic heterocycles. The molecule has 4 heteroatoms. The molecule has 106 valence electrons. The Morgan fingerprint density at radius 3 is 3.14 bits per heavy atom. The Labute approximate surface area is 124 Å². The molecule has 0 amide bonds. The van der Waals surface area contributed by atoms with E-state index in [1.54, 1.807) is 6.20 Å². The van der Waals surface area contributed by atoms with Crippen molar-refractivity contribution in [3.63, 3.8) is 0 Å². The lowest BCUT2D eigenvalue weighted by Crippen LogP contribution is -2.17. The Hall–Kier alpha value is -2.38. The van der Waals surface area contributed by atoms with Crippen molar-refractivity contribution in [2.24, 2.45) is 5.73 Å². The fraction of sp³-hybridized carbons (Fsp3) is 0.294. The monoisotopic (exact) mass is 279 g/mol. The fourth-order valence-corrected chi connectivity index (χ4v) is 2.72. The van der Waals surface area contributed by atoms with Crippen LogP contribution in [0, 0.1) is 11.3 Å². The number of hydrogen-bond acceptors (Lipinski definition) is 4. The lowest BCUT2D eigenvalue weighted by atomic mass is 9.88. The fourth-order valence-electron chi connectivity index (χ4n) is 2.72. The summed E-state index contributed by atoms with van der Waals surface area (Å²) in [5.41, 5.74) is 9.87. The highest BCUT2D eigenvalue weighted by atomic mass is 16.5. The van der Waals surface area contributed by atoms with Gasteiger partial charge in [-0.15, -0.1) is 0 Å². The molecular formula is C17H17N3O. The predicted octanol–water partition coefficient (Wildman–Crippen LogP) is 2.87. The average Bonchev–Trinajstić information content (AvgIpc) is 2.54. The standard InChI is InChI=1S/C17H17N3O/c18-10-17-13(4-2-8-20-17)11-21-14-7-6-12-3-1-5-16(19)15(12)9-14/h2,4,6-9,16H,1,3,5,11,19H2. The van der Waals surface area contributed by atoms with Crippen molar-refractivity contribution in [2.75, 3.05) is 0 Å². The maximum atomic E-state index is 9.02. The van der Waals surface area contributed by atoms with Crippen LogP contribution in [0.25, 0.3) is 0 Å². The van der Waals surface area contributed by atoms with Gasteiger partial charge < -0.3 is 10.5 Å². The molecule has 4 nitrogen and oxygen atoms in total. The SMILES string of the molecule is N#Cc1ncccc1COc1ccc2c(c1)C(N)CCC2. The van der Waals surface area contributed by atoms with E-state index in [1.807, 2.05) is 24.3 Å². The molecule has 0 bridgehead atoms. The number of nitriles is 1. The van der Waals surface area contributed by atoms with Gasteiger partial charge in [0.25, 0.3) is 0 Å². The lowest BCUT2D eigenvalue weighted by Gasteiger charge is -2.22. The van der Waals surface area contributed by atoms with E-state index in [-0.39, 0.29) is 6.04 Å². The van der Waals surface area contributed by atoms with Crippen LogP contribution < -0.4 is 10.5 Å². The molecule has 0 fully saturated rings. The van der Waals surface area contributed by atoms with Crippen LogP contribution in [0.2, 0.25) is 0 Å². The number of nitrogens with zero attached hydrogens (tertiary/aromatic N) is 2. The van der Waals surface area contributed by atoms with Crippen LogP contribution >= 0.6 is 0 Å².